The Balaban J connectivity index is 1.68. The zero-order valence-corrected chi connectivity index (χ0v) is 14.8. The number of ether oxygens (including phenoxy) is 1. The van der Waals surface area contributed by atoms with Gasteiger partial charge in [0.25, 0.3) is 0 Å². The van der Waals surface area contributed by atoms with Gasteiger partial charge >= 0.3 is 18.3 Å². The van der Waals surface area contributed by atoms with E-state index in [1.807, 2.05) is 0 Å². The fourth-order valence-corrected chi connectivity index (χ4v) is 2.46. The predicted octanol–water partition coefficient (Wildman–Crippen LogP) is 5.13. The number of carbonyl (C=O) groups is 1. The molecular weight excluding hydrogens is 422 g/mol. The van der Waals surface area contributed by atoms with Crippen LogP contribution in [0, 0.1) is 0 Å². The molecule has 3 aromatic rings. The number of aryl methyl sites for hydroxylation is 1. The van der Waals surface area contributed by atoms with Gasteiger partial charge in [-0.1, -0.05) is 17.3 Å². The van der Waals surface area contributed by atoms with Gasteiger partial charge in [0, 0.05) is 12.0 Å². The van der Waals surface area contributed by atoms with Crippen LogP contribution < -0.4 is 0 Å². The monoisotopic (exact) mass is 434 g/mol. The maximum atomic E-state index is 13.3. The second kappa shape index (κ2) is 8.20. The molecule has 12 heteroatoms. The van der Waals surface area contributed by atoms with E-state index in [-0.39, 0.29) is 23.9 Å². The van der Waals surface area contributed by atoms with Crippen LogP contribution in [0.2, 0.25) is 0 Å². The average Bonchev–Trinajstić information content (AvgIpc) is 3.34. The van der Waals surface area contributed by atoms with E-state index in [1.54, 1.807) is 12.1 Å². The first kappa shape index (κ1) is 21.4. The lowest BCUT2D eigenvalue weighted by Gasteiger charge is -2.21. The highest BCUT2D eigenvalue weighted by Crippen LogP contribution is 2.38. The number of halogens is 6. The molecule has 6 nitrogen and oxygen atoms in total. The SMILES string of the molecule is O=C(CCc1nc(-c2ccco2)no1)O[C@H](c1cccc(C(F)(F)F)c1)C(F)(F)F. The normalized spacial score (nSPS) is 13.3. The molecule has 0 unspecified atom stereocenters. The first-order valence-corrected chi connectivity index (χ1v) is 8.34. The number of furan rings is 1. The average molecular weight is 434 g/mol. The Morgan fingerprint density at radius 2 is 1.87 bits per heavy atom. The Morgan fingerprint density at radius 1 is 1.10 bits per heavy atom. The third kappa shape index (κ3) is 5.19. The van der Waals surface area contributed by atoms with Crippen molar-refractivity contribution in [2.45, 2.75) is 31.3 Å². The van der Waals surface area contributed by atoms with Gasteiger partial charge in [0.05, 0.1) is 18.2 Å². The van der Waals surface area contributed by atoms with Gasteiger partial charge in [-0.25, -0.2) is 0 Å². The zero-order valence-electron chi connectivity index (χ0n) is 14.8. The van der Waals surface area contributed by atoms with Gasteiger partial charge < -0.3 is 13.7 Å². The van der Waals surface area contributed by atoms with Gasteiger partial charge in [-0.3, -0.25) is 4.79 Å². The van der Waals surface area contributed by atoms with E-state index < -0.39 is 42.0 Å². The van der Waals surface area contributed by atoms with Gasteiger partial charge in [0.15, 0.2) is 5.76 Å². The van der Waals surface area contributed by atoms with Crippen molar-refractivity contribution in [2.75, 3.05) is 0 Å². The van der Waals surface area contributed by atoms with E-state index in [4.69, 9.17) is 8.94 Å². The molecule has 0 aliphatic heterocycles. The fraction of sp³-hybridized carbons (Fsp3) is 0.278. The summed E-state index contributed by atoms with van der Waals surface area (Å²) in [6.07, 6.45) is -12.2. The van der Waals surface area contributed by atoms with Crippen molar-refractivity contribution in [1.29, 1.82) is 0 Å². The Labute approximate surface area is 164 Å². The summed E-state index contributed by atoms with van der Waals surface area (Å²) in [5, 5.41) is 3.60. The maximum absolute atomic E-state index is 13.3. The maximum Gasteiger partial charge on any atom is 0.429 e. The van der Waals surface area contributed by atoms with Crippen LogP contribution in [0.15, 0.2) is 51.6 Å². The van der Waals surface area contributed by atoms with Crippen LogP contribution in [0.1, 0.15) is 29.5 Å². The summed E-state index contributed by atoms with van der Waals surface area (Å²) in [5.41, 5.74) is -2.13. The minimum Gasteiger partial charge on any atom is -0.461 e. The molecule has 2 aromatic heterocycles. The number of benzene rings is 1. The topological polar surface area (TPSA) is 78.4 Å². The first-order valence-electron chi connectivity index (χ1n) is 8.34. The number of alkyl halides is 6. The van der Waals surface area contributed by atoms with Crippen LogP contribution in [0.25, 0.3) is 11.6 Å². The van der Waals surface area contributed by atoms with Gasteiger partial charge in [0.2, 0.25) is 17.8 Å². The molecule has 1 atom stereocenters. The summed E-state index contributed by atoms with van der Waals surface area (Å²) in [6.45, 7) is 0. The number of aromatic nitrogens is 2. The molecule has 0 bridgehead atoms. The molecule has 0 fully saturated rings. The summed E-state index contributed by atoms with van der Waals surface area (Å²) < 4.78 is 92.6. The summed E-state index contributed by atoms with van der Waals surface area (Å²) in [7, 11) is 0. The van der Waals surface area contributed by atoms with E-state index in [0.717, 1.165) is 12.1 Å². The van der Waals surface area contributed by atoms with Crippen LogP contribution in [0.4, 0.5) is 26.3 Å². The van der Waals surface area contributed by atoms with Crippen molar-refractivity contribution < 1.29 is 44.8 Å². The molecule has 0 aliphatic rings. The van der Waals surface area contributed by atoms with Crippen molar-refractivity contribution in [1.82, 2.24) is 10.1 Å². The summed E-state index contributed by atoms with van der Waals surface area (Å²) in [4.78, 5) is 15.8. The van der Waals surface area contributed by atoms with Crippen LogP contribution in [0.5, 0.6) is 0 Å². The summed E-state index contributed by atoms with van der Waals surface area (Å²) in [6, 6.07) is 5.64. The minimum absolute atomic E-state index is 0.0547. The molecule has 30 heavy (non-hydrogen) atoms. The molecule has 0 saturated heterocycles. The molecule has 0 N–H and O–H groups in total. The summed E-state index contributed by atoms with van der Waals surface area (Å²) >= 11 is 0. The Morgan fingerprint density at radius 3 is 2.50 bits per heavy atom. The minimum atomic E-state index is -5.11. The molecule has 0 spiro atoms. The first-order chi connectivity index (χ1) is 14.0. The van der Waals surface area contributed by atoms with Crippen LogP contribution in [-0.2, 0) is 22.1 Å². The van der Waals surface area contributed by atoms with Crippen LogP contribution in [-0.4, -0.2) is 22.3 Å². The Kier molecular flexibility index (Phi) is 5.85. The molecule has 1 aromatic carbocycles. The Bertz CT molecular complexity index is 995. The van der Waals surface area contributed by atoms with Gasteiger partial charge in [0.1, 0.15) is 0 Å². The highest BCUT2D eigenvalue weighted by molar-refractivity contribution is 5.70. The fourth-order valence-electron chi connectivity index (χ4n) is 2.46. The van der Waals surface area contributed by atoms with Crippen molar-refractivity contribution in [3.8, 4) is 11.6 Å². The smallest absolute Gasteiger partial charge is 0.429 e. The predicted molar refractivity (Wildman–Crippen MR) is 86.7 cm³/mol. The van der Waals surface area contributed by atoms with E-state index in [0.29, 0.717) is 12.1 Å². The third-order valence-electron chi connectivity index (χ3n) is 3.82. The van der Waals surface area contributed by atoms with Gasteiger partial charge in [-0.15, -0.1) is 0 Å². The number of hydrogen-bond acceptors (Lipinski definition) is 6. The lowest BCUT2D eigenvalue weighted by Crippen LogP contribution is -2.26. The van der Waals surface area contributed by atoms with Crippen molar-refractivity contribution in [3.63, 3.8) is 0 Å². The molecular formula is C18H12F6N2O4. The van der Waals surface area contributed by atoms with E-state index >= 15 is 0 Å². The number of carbonyl (C=O) groups excluding carboxylic acids is 1. The van der Waals surface area contributed by atoms with Crippen molar-refractivity contribution in [2.24, 2.45) is 0 Å². The van der Waals surface area contributed by atoms with E-state index in [9.17, 15) is 31.1 Å². The number of nitrogens with zero attached hydrogens (tertiary/aromatic N) is 2. The highest BCUT2D eigenvalue weighted by atomic mass is 19.4. The largest absolute Gasteiger partial charge is 0.461 e. The van der Waals surface area contributed by atoms with Crippen molar-refractivity contribution in [3.05, 3.63) is 59.7 Å². The van der Waals surface area contributed by atoms with Gasteiger partial charge in [-0.05, 0) is 24.3 Å². The molecule has 3 rings (SSSR count). The third-order valence-corrected chi connectivity index (χ3v) is 3.82. The highest BCUT2D eigenvalue weighted by Gasteiger charge is 2.45. The molecule has 0 amide bonds. The number of rotatable bonds is 6. The second-order valence-corrected chi connectivity index (χ2v) is 6.02. The van der Waals surface area contributed by atoms with Gasteiger partial charge in [-0.2, -0.15) is 31.3 Å². The van der Waals surface area contributed by atoms with Crippen molar-refractivity contribution >= 4 is 5.97 Å². The van der Waals surface area contributed by atoms with E-state index in [1.165, 1.54) is 6.26 Å². The quantitative estimate of drug-likeness (QED) is 0.396. The molecule has 0 radical (unpaired) electrons. The molecule has 2 heterocycles. The molecule has 0 aliphatic carbocycles. The molecule has 160 valence electrons. The Hall–Kier alpha value is -3.31. The number of hydrogen-bond donors (Lipinski definition) is 0. The zero-order chi connectivity index (χ0) is 21.9. The van der Waals surface area contributed by atoms with Crippen LogP contribution in [0.3, 0.4) is 0 Å². The molecule has 0 saturated carbocycles. The van der Waals surface area contributed by atoms with Crippen LogP contribution >= 0.6 is 0 Å². The standard InChI is InChI=1S/C18H12F6N2O4/c19-17(20,21)11-4-1-3-10(9-11)15(18(22,23)24)29-14(27)7-6-13-25-16(26-30-13)12-5-2-8-28-12/h1-5,8-9,15H,6-7H2/t15-/m1/s1. The number of esters is 1. The second-order valence-electron chi connectivity index (χ2n) is 6.02. The lowest BCUT2D eigenvalue weighted by atomic mass is 10.1. The van der Waals surface area contributed by atoms with E-state index in [2.05, 4.69) is 14.9 Å². The summed E-state index contributed by atoms with van der Waals surface area (Å²) in [5.74, 6) is -0.983. The lowest BCUT2D eigenvalue weighted by molar-refractivity contribution is -0.224.